The second kappa shape index (κ2) is 6.38. The predicted octanol–water partition coefficient (Wildman–Crippen LogP) is 3.73. The second-order valence-electron chi connectivity index (χ2n) is 5.90. The third-order valence-corrected chi connectivity index (χ3v) is 3.99. The van der Waals surface area contributed by atoms with Crippen LogP contribution in [-0.2, 0) is 9.47 Å². The Kier molecular flexibility index (Phi) is 5.66. The van der Waals surface area contributed by atoms with Crippen molar-refractivity contribution < 1.29 is 9.47 Å². The molecular formula is C14H23BrO2Si. The van der Waals surface area contributed by atoms with Crippen LogP contribution in [0.3, 0.4) is 0 Å². The molecule has 0 aromatic heterocycles. The lowest BCUT2D eigenvalue weighted by atomic mass is 10.1. The summed E-state index contributed by atoms with van der Waals surface area (Å²) in [4.78, 5) is 0.233. The quantitative estimate of drug-likeness (QED) is 0.446. The summed E-state index contributed by atoms with van der Waals surface area (Å²) in [6.45, 7) is 12.2. The molecule has 0 aromatic carbocycles. The predicted molar refractivity (Wildman–Crippen MR) is 82.5 cm³/mol. The minimum Gasteiger partial charge on any atom is -0.348 e. The van der Waals surface area contributed by atoms with Crippen LogP contribution in [0.5, 0.6) is 0 Å². The van der Waals surface area contributed by atoms with Gasteiger partial charge in [-0.2, -0.15) is 0 Å². The van der Waals surface area contributed by atoms with Crippen molar-refractivity contribution in [3.8, 4) is 11.5 Å². The number of ether oxygens (including phenoxy) is 2. The Hall–Kier alpha value is -0.0831. The molecule has 1 atom stereocenters. The van der Waals surface area contributed by atoms with Crippen molar-refractivity contribution in [2.75, 3.05) is 13.2 Å². The lowest BCUT2D eigenvalue weighted by Crippen LogP contribution is -2.28. The third kappa shape index (κ3) is 6.19. The molecule has 1 unspecified atom stereocenters. The summed E-state index contributed by atoms with van der Waals surface area (Å²) in [5, 5.41) is 0. The molecule has 2 nitrogen and oxygen atoms in total. The number of allylic oxidation sites excluding steroid dienone is 2. The summed E-state index contributed by atoms with van der Waals surface area (Å²) in [6, 6.07) is 0. The number of hydrogen-bond donors (Lipinski definition) is 0. The third-order valence-electron chi connectivity index (χ3n) is 2.53. The SMILES string of the molecule is C/C(C#C[Si](C)(C)C)=C\C(Br)CC1(C)OCCO1. The Balaban J connectivity index is 2.56. The van der Waals surface area contributed by atoms with Gasteiger partial charge in [0.05, 0.1) is 13.2 Å². The molecule has 1 aliphatic heterocycles. The summed E-state index contributed by atoms with van der Waals surface area (Å²) in [5.74, 6) is 2.80. The highest BCUT2D eigenvalue weighted by molar-refractivity contribution is 9.09. The first-order valence-corrected chi connectivity index (χ1v) is 10.8. The van der Waals surface area contributed by atoms with Gasteiger partial charge in [-0.1, -0.05) is 47.6 Å². The second-order valence-corrected chi connectivity index (χ2v) is 11.8. The highest BCUT2D eigenvalue weighted by Gasteiger charge is 2.32. The maximum Gasteiger partial charge on any atom is 0.167 e. The van der Waals surface area contributed by atoms with Gasteiger partial charge in [-0.25, -0.2) is 0 Å². The van der Waals surface area contributed by atoms with Gasteiger partial charge < -0.3 is 9.47 Å². The highest BCUT2D eigenvalue weighted by atomic mass is 79.9. The van der Waals surface area contributed by atoms with Crippen LogP contribution in [-0.4, -0.2) is 31.9 Å². The molecule has 0 spiro atoms. The molecule has 1 saturated heterocycles. The average molecular weight is 331 g/mol. The van der Waals surface area contributed by atoms with Crippen molar-refractivity contribution in [3.05, 3.63) is 11.6 Å². The Morgan fingerprint density at radius 1 is 1.39 bits per heavy atom. The Morgan fingerprint density at radius 3 is 2.44 bits per heavy atom. The van der Waals surface area contributed by atoms with E-state index in [1.54, 1.807) is 0 Å². The van der Waals surface area contributed by atoms with Gasteiger partial charge in [0, 0.05) is 11.2 Å². The zero-order valence-corrected chi connectivity index (χ0v) is 14.6. The number of halogens is 1. The Bertz CT molecular complexity index is 367. The summed E-state index contributed by atoms with van der Waals surface area (Å²) in [6.07, 6.45) is 2.95. The highest BCUT2D eigenvalue weighted by Crippen LogP contribution is 2.27. The van der Waals surface area contributed by atoms with Crippen molar-refractivity contribution in [1.29, 1.82) is 0 Å². The average Bonchev–Trinajstić information content (AvgIpc) is 2.60. The molecule has 1 rings (SSSR count). The number of hydrogen-bond acceptors (Lipinski definition) is 2. The van der Waals surface area contributed by atoms with Crippen LogP contribution < -0.4 is 0 Å². The zero-order chi connectivity index (χ0) is 13.8. The molecule has 0 N–H and O–H groups in total. The van der Waals surface area contributed by atoms with Crippen LogP contribution >= 0.6 is 15.9 Å². The van der Waals surface area contributed by atoms with E-state index in [9.17, 15) is 0 Å². The Labute approximate surface area is 120 Å². The lowest BCUT2D eigenvalue weighted by Gasteiger charge is -2.23. The van der Waals surface area contributed by atoms with Gasteiger partial charge in [-0.15, -0.1) is 5.54 Å². The molecule has 18 heavy (non-hydrogen) atoms. The first kappa shape index (κ1) is 16.0. The largest absolute Gasteiger partial charge is 0.348 e. The van der Waals surface area contributed by atoms with E-state index >= 15 is 0 Å². The lowest BCUT2D eigenvalue weighted by molar-refractivity contribution is -0.144. The van der Waals surface area contributed by atoms with Gasteiger partial charge in [0.1, 0.15) is 8.07 Å². The summed E-state index contributed by atoms with van der Waals surface area (Å²) < 4.78 is 11.2. The standard InChI is InChI=1S/C14H23BrO2Si/c1-12(6-9-18(3,4)5)10-13(15)11-14(2)16-7-8-17-14/h10,13H,7-8,11H2,1-5H3/b12-10+. The topological polar surface area (TPSA) is 18.5 Å². The van der Waals surface area contributed by atoms with Gasteiger partial charge in [0.25, 0.3) is 0 Å². The maximum absolute atomic E-state index is 5.60. The summed E-state index contributed by atoms with van der Waals surface area (Å²) in [5.41, 5.74) is 4.48. The van der Waals surface area contributed by atoms with E-state index in [0.29, 0.717) is 13.2 Å². The van der Waals surface area contributed by atoms with Crippen LogP contribution in [0, 0.1) is 11.5 Å². The van der Waals surface area contributed by atoms with E-state index in [-0.39, 0.29) is 4.83 Å². The minimum absolute atomic E-state index is 0.233. The van der Waals surface area contributed by atoms with E-state index < -0.39 is 13.9 Å². The molecule has 0 aromatic rings. The van der Waals surface area contributed by atoms with E-state index in [0.717, 1.165) is 12.0 Å². The Morgan fingerprint density at radius 2 is 1.94 bits per heavy atom. The van der Waals surface area contributed by atoms with Crippen molar-refractivity contribution >= 4 is 24.0 Å². The molecule has 0 aliphatic carbocycles. The number of alkyl halides is 1. The fourth-order valence-corrected chi connectivity index (χ4v) is 3.24. The smallest absolute Gasteiger partial charge is 0.167 e. The molecule has 0 saturated carbocycles. The molecule has 1 aliphatic rings. The van der Waals surface area contributed by atoms with Gasteiger partial charge in [0.15, 0.2) is 5.79 Å². The van der Waals surface area contributed by atoms with E-state index in [4.69, 9.17) is 9.47 Å². The molecule has 0 amide bonds. The van der Waals surface area contributed by atoms with Crippen LogP contribution in [0.15, 0.2) is 11.6 Å². The maximum atomic E-state index is 5.60. The van der Waals surface area contributed by atoms with E-state index in [1.807, 2.05) is 6.92 Å². The normalized spacial score (nSPS) is 21.3. The zero-order valence-electron chi connectivity index (χ0n) is 12.0. The van der Waals surface area contributed by atoms with Gasteiger partial charge in [0.2, 0.25) is 0 Å². The molecule has 102 valence electrons. The van der Waals surface area contributed by atoms with Crippen molar-refractivity contribution in [1.82, 2.24) is 0 Å². The van der Waals surface area contributed by atoms with Crippen LogP contribution in [0.2, 0.25) is 19.6 Å². The molecular weight excluding hydrogens is 308 g/mol. The van der Waals surface area contributed by atoms with E-state index in [2.05, 4.69) is 60.0 Å². The van der Waals surface area contributed by atoms with Crippen molar-refractivity contribution in [2.24, 2.45) is 0 Å². The van der Waals surface area contributed by atoms with Gasteiger partial charge >= 0.3 is 0 Å². The fourth-order valence-electron chi connectivity index (χ4n) is 1.69. The molecule has 1 fully saturated rings. The van der Waals surface area contributed by atoms with Crippen LogP contribution in [0.1, 0.15) is 20.3 Å². The number of rotatable bonds is 3. The van der Waals surface area contributed by atoms with Gasteiger partial charge in [-0.05, 0) is 19.4 Å². The van der Waals surface area contributed by atoms with Crippen LogP contribution in [0.4, 0.5) is 0 Å². The minimum atomic E-state index is -1.29. The molecule has 0 radical (unpaired) electrons. The fraction of sp³-hybridized carbons (Fsp3) is 0.714. The summed E-state index contributed by atoms with van der Waals surface area (Å²) in [7, 11) is -1.29. The van der Waals surface area contributed by atoms with Crippen molar-refractivity contribution in [2.45, 2.75) is 50.5 Å². The van der Waals surface area contributed by atoms with Gasteiger partial charge in [-0.3, -0.25) is 0 Å². The van der Waals surface area contributed by atoms with Crippen molar-refractivity contribution in [3.63, 3.8) is 0 Å². The molecule has 0 bridgehead atoms. The molecule has 4 heteroatoms. The summed E-state index contributed by atoms with van der Waals surface area (Å²) >= 11 is 3.65. The first-order chi connectivity index (χ1) is 8.20. The molecule has 1 heterocycles. The monoisotopic (exact) mass is 330 g/mol. The first-order valence-electron chi connectivity index (χ1n) is 6.34. The van der Waals surface area contributed by atoms with Crippen LogP contribution in [0.25, 0.3) is 0 Å². The van der Waals surface area contributed by atoms with E-state index in [1.165, 1.54) is 0 Å².